The zero-order valence-corrected chi connectivity index (χ0v) is 13.2. The molecule has 0 radical (unpaired) electrons. The summed E-state index contributed by atoms with van der Waals surface area (Å²) in [7, 11) is 0. The number of carbonyl (C=O) groups is 2. The Balaban J connectivity index is 2.06. The average molecular weight is 306 g/mol. The van der Waals surface area contributed by atoms with Gasteiger partial charge in [0.15, 0.2) is 0 Å². The molecule has 1 saturated heterocycles. The maximum absolute atomic E-state index is 13.2. The van der Waals surface area contributed by atoms with Crippen molar-refractivity contribution in [1.29, 1.82) is 0 Å². The second-order valence-corrected chi connectivity index (χ2v) is 5.56. The van der Waals surface area contributed by atoms with Gasteiger partial charge in [-0.2, -0.15) is 0 Å². The van der Waals surface area contributed by atoms with Crippen LogP contribution in [-0.4, -0.2) is 47.3 Å². The molecule has 0 saturated carbocycles. The minimum absolute atomic E-state index is 0.0232. The molecule has 120 valence electrons. The van der Waals surface area contributed by atoms with Crippen LogP contribution in [0.2, 0.25) is 0 Å². The molecule has 1 aromatic rings. The van der Waals surface area contributed by atoms with Gasteiger partial charge in [0.05, 0.1) is 6.42 Å². The monoisotopic (exact) mass is 306 g/mol. The Hall–Kier alpha value is -1.91. The molecular weight excluding hydrogens is 283 g/mol. The Bertz CT molecular complexity index is 543. The minimum Gasteiger partial charge on any atom is -0.341 e. The lowest BCUT2D eigenvalue weighted by Crippen LogP contribution is -2.48. The number of benzene rings is 1. The summed E-state index contributed by atoms with van der Waals surface area (Å²) in [4.78, 5) is 28.4. The van der Waals surface area contributed by atoms with Gasteiger partial charge in [0, 0.05) is 19.6 Å². The molecule has 1 atom stereocenters. The third-order valence-electron chi connectivity index (χ3n) is 4.18. The van der Waals surface area contributed by atoms with E-state index in [0.717, 1.165) is 6.42 Å². The number of likely N-dealkylation sites (N-methyl/N-ethyl adjacent to an activating group) is 1. The summed E-state index contributed by atoms with van der Waals surface area (Å²) in [5.74, 6) is -0.425. The number of rotatable bonds is 5. The van der Waals surface area contributed by atoms with Crippen LogP contribution in [-0.2, 0) is 16.0 Å². The number of hydrogen-bond acceptors (Lipinski definition) is 2. The molecule has 0 aliphatic carbocycles. The molecule has 22 heavy (non-hydrogen) atoms. The van der Waals surface area contributed by atoms with E-state index >= 15 is 0 Å². The van der Waals surface area contributed by atoms with Crippen molar-refractivity contribution in [3.8, 4) is 0 Å². The van der Waals surface area contributed by atoms with E-state index in [0.29, 0.717) is 31.6 Å². The van der Waals surface area contributed by atoms with Crippen LogP contribution in [0.25, 0.3) is 0 Å². The SMILES string of the molecule is CCN(CC)C(=O)C1CCCN1C(=O)Cc1cccc(F)c1. The number of amides is 2. The maximum atomic E-state index is 13.2. The van der Waals surface area contributed by atoms with E-state index in [2.05, 4.69) is 0 Å². The number of nitrogens with zero attached hydrogens (tertiary/aromatic N) is 2. The lowest BCUT2D eigenvalue weighted by Gasteiger charge is -2.29. The quantitative estimate of drug-likeness (QED) is 0.837. The van der Waals surface area contributed by atoms with Gasteiger partial charge in [-0.05, 0) is 44.4 Å². The van der Waals surface area contributed by atoms with Gasteiger partial charge in [-0.3, -0.25) is 9.59 Å². The summed E-state index contributed by atoms with van der Waals surface area (Å²) >= 11 is 0. The van der Waals surface area contributed by atoms with E-state index in [4.69, 9.17) is 0 Å². The van der Waals surface area contributed by atoms with Crippen LogP contribution < -0.4 is 0 Å². The van der Waals surface area contributed by atoms with Crippen molar-refractivity contribution in [2.75, 3.05) is 19.6 Å². The minimum atomic E-state index is -0.360. The highest BCUT2D eigenvalue weighted by molar-refractivity contribution is 5.89. The van der Waals surface area contributed by atoms with E-state index in [-0.39, 0.29) is 30.1 Å². The van der Waals surface area contributed by atoms with Gasteiger partial charge >= 0.3 is 0 Å². The highest BCUT2D eigenvalue weighted by Gasteiger charge is 2.35. The number of halogens is 1. The first-order chi connectivity index (χ1) is 10.6. The standard InChI is InChI=1S/C17H23FN2O2/c1-3-19(4-2)17(22)15-9-6-10-20(15)16(21)12-13-7-5-8-14(18)11-13/h5,7-8,11,15H,3-4,6,9-10,12H2,1-2H3. The smallest absolute Gasteiger partial charge is 0.245 e. The summed E-state index contributed by atoms with van der Waals surface area (Å²) in [5.41, 5.74) is 0.644. The second kappa shape index (κ2) is 7.38. The molecular formula is C17H23FN2O2. The Kier molecular flexibility index (Phi) is 5.52. The molecule has 2 rings (SSSR count). The Morgan fingerprint density at radius 3 is 2.68 bits per heavy atom. The molecule has 5 heteroatoms. The van der Waals surface area contributed by atoms with Gasteiger partial charge in [-0.1, -0.05) is 12.1 Å². The van der Waals surface area contributed by atoms with Crippen LogP contribution in [0.5, 0.6) is 0 Å². The molecule has 1 heterocycles. The first-order valence-electron chi connectivity index (χ1n) is 7.89. The molecule has 1 unspecified atom stereocenters. The third kappa shape index (κ3) is 3.64. The second-order valence-electron chi connectivity index (χ2n) is 5.56. The first-order valence-corrected chi connectivity index (χ1v) is 7.89. The normalized spacial score (nSPS) is 17.6. The van der Waals surface area contributed by atoms with Crippen LogP contribution >= 0.6 is 0 Å². The zero-order chi connectivity index (χ0) is 16.1. The Morgan fingerprint density at radius 2 is 2.05 bits per heavy atom. The van der Waals surface area contributed by atoms with Crippen molar-refractivity contribution in [2.24, 2.45) is 0 Å². The van der Waals surface area contributed by atoms with Crippen molar-refractivity contribution in [3.05, 3.63) is 35.6 Å². The fourth-order valence-corrected chi connectivity index (χ4v) is 2.99. The predicted octanol–water partition coefficient (Wildman–Crippen LogP) is 2.23. The van der Waals surface area contributed by atoms with Crippen molar-refractivity contribution in [3.63, 3.8) is 0 Å². The van der Waals surface area contributed by atoms with Crippen molar-refractivity contribution >= 4 is 11.8 Å². The summed E-state index contributed by atoms with van der Waals surface area (Å²) in [6.07, 6.45) is 1.69. The first kappa shape index (κ1) is 16.5. The molecule has 1 fully saturated rings. The maximum Gasteiger partial charge on any atom is 0.245 e. The fourth-order valence-electron chi connectivity index (χ4n) is 2.99. The molecule has 0 bridgehead atoms. The summed E-state index contributed by atoms with van der Waals surface area (Å²) in [6, 6.07) is 5.70. The van der Waals surface area contributed by atoms with Gasteiger partial charge in [0.1, 0.15) is 11.9 Å². The lowest BCUT2D eigenvalue weighted by molar-refractivity contribution is -0.143. The third-order valence-corrected chi connectivity index (χ3v) is 4.18. The van der Waals surface area contributed by atoms with Gasteiger partial charge in [0.25, 0.3) is 0 Å². The highest BCUT2D eigenvalue weighted by atomic mass is 19.1. The Morgan fingerprint density at radius 1 is 1.32 bits per heavy atom. The Labute approximate surface area is 130 Å². The van der Waals surface area contributed by atoms with Gasteiger partial charge in [-0.15, -0.1) is 0 Å². The van der Waals surface area contributed by atoms with E-state index in [9.17, 15) is 14.0 Å². The van der Waals surface area contributed by atoms with Gasteiger partial charge in [-0.25, -0.2) is 4.39 Å². The van der Waals surface area contributed by atoms with Gasteiger partial charge < -0.3 is 9.80 Å². The summed E-state index contributed by atoms with van der Waals surface area (Å²) < 4.78 is 13.2. The highest BCUT2D eigenvalue weighted by Crippen LogP contribution is 2.21. The lowest BCUT2D eigenvalue weighted by atomic mass is 10.1. The molecule has 1 aliphatic rings. The van der Waals surface area contributed by atoms with Crippen LogP contribution in [0.1, 0.15) is 32.3 Å². The molecule has 1 aliphatic heterocycles. The number of likely N-dealkylation sites (tertiary alicyclic amines) is 1. The molecule has 0 aromatic heterocycles. The molecule has 0 spiro atoms. The molecule has 1 aromatic carbocycles. The van der Waals surface area contributed by atoms with E-state index in [1.165, 1.54) is 12.1 Å². The van der Waals surface area contributed by atoms with Crippen molar-refractivity contribution < 1.29 is 14.0 Å². The summed E-state index contributed by atoms with van der Waals surface area (Å²) in [6.45, 7) is 5.78. The van der Waals surface area contributed by atoms with Crippen LogP contribution in [0.15, 0.2) is 24.3 Å². The van der Waals surface area contributed by atoms with Crippen LogP contribution in [0.3, 0.4) is 0 Å². The number of carbonyl (C=O) groups excluding carboxylic acids is 2. The van der Waals surface area contributed by atoms with Crippen molar-refractivity contribution in [2.45, 2.75) is 39.2 Å². The molecule has 2 amide bonds. The topological polar surface area (TPSA) is 40.6 Å². The van der Waals surface area contributed by atoms with E-state index in [1.807, 2.05) is 13.8 Å². The average Bonchev–Trinajstić information content (AvgIpc) is 2.98. The largest absolute Gasteiger partial charge is 0.341 e. The molecule has 0 N–H and O–H groups in total. The summed E-state index contributed by atoms with van der Waals surface area (Å²) in [5, 5.41) is 0. The fraction of sp³-hybridized carbons (Fsp3) is 0.529. The van der Waals surface area contributed by atoms with Crippen LogP contribution in [0, 0.1) is 5.82 Å². The van der Waals surface area contributed by atoms with Crippen LogP contribution in [0.4, 0.5) is 4.39 Å². The predicted molar refractivity (Wildman–Crippen MR) is 82.8 cm³/mol. The molecule has 4 nitrogen and oxygen atoms in total. The van der Waals surface area contributed by atoms with E-state index in [1.54, 1.807) is 21.9 Å². The van der Waals surface area contributed by atoms with E-state index < -0.39 is 0 Å². The number of hydrogen-bond donors (Lipinski definition) is 0. The zero-order valence-electron chi connectivity index (χ0n) is 13.2. The van der Waals surface area contributed by atoms with Gasteiger partial charge in [0.2, 0.25) is 11.8 Å². The van der Waals surface area contributed by atoms with Crippen molar-refractivity contribution in [1.82, 2.24) is 9.80 Å².